The third kappa shape index (κ3) is 5.94. The number of carbonyl (C=O) groups excluding carboxylic acids is 1. The van der Waals surface area contributed by atoms with Crippen LogP contribution >= 0.6 is 12.4 Å². The smallest absolute Gasteiger partial charge is 0.271 e. The van der Waals surface area contributed by atoms with Crippen LogP contribution in [0.4, 0.5) is 0 Å². The lowest BCUT2D eigenvalue weighted by Gasteiger charge is -2.33. The van der Waals surface area contributed by atoms with Gasteiger partial charge in [-0.1, -0.05) is 6.92 Å². The van der Waals surface area contributed by atoms with E-state index in [9.17, 15) is 4.79 Å². The Labute approximate surface area is 162 Å². The van der Waals surface area contributed by atoms with Gasteiger partial charge in [0.2, 0.25) is 0 Å². The summed E-state index contributed by atoms with van der Waals surface area (Å²) >= 11 is 0. The number of hydrogen-bond acceptors (Lipinski definition) is 5. The van der Waals surface area contributed by atoms with Crippen molar-refractivity contribution >= 4 is 18.3 Å². The minimum atomic E-state index is -0.0623. The average molecular weight is 385 g/mol. The standard InChI is InChI=1S/C18H32N6O.ClH/c1-15(14-23-10-8-22(2)9-11-23)12-20-18(25)17-5-7-24(21-17)16-4-3-6-19-13-16;/h5,7,15-16,19H,3-4,6,8-14H2,1-2H3,(H,20,25);1H. The van der Waals surface area contributed by atoms with Crippen LogP contribution in [0.5, 0.6) is 0 Å². The van der Waals surface area contributed by atoms with Gasteiger partial charge in [0.15, 0.2) is 0 Å². The van der Waals surface area contributed by atoms with Gasteiger partial charge in [0.25, 0.3) is 5.91 Å². The van der Waals surface area contributed by atoms with E-state index in [-0.39, 0.29) is 18.3 Å². The Morgan fingerprint density at radius 3 is 2.85 bits per heavy atom. The van der Waals surface area contributed by atoms with Crippen LogP contribution in [0.1, 0.15) is 36.3 Å². The molecule has 2 aliphatic rings. The Balaban J connectivity index is 0.00000243. The van der Waals surface area contributed by atoms with Crippen LogP contribution in [-0.4, -0.2) is 84.9 Å². The van der Waals surface area contributed by atoms with E-state index in [1.165, 1.54) is 0 Å². The summed E-state index contributed by atoms with van der Waals surface area (Å²) in [5.74, 6) is 0.379. The molecule has 2 fully saturated rings. The number of aromatic nitrogens is 2. The lowest BCUT2D eigenvalue weighted by molar-refractivity contribution is 0.0931. The second-order valence-electron chi connectivity index (χ2n) is 7.60. The predicted molar refractivity (Wildman–Crippen MR) is 106 cm³/mol. The minimum absolute atomic E-state index is 0. The monoisotopic (exact) mass is 384 g/mol. The van der Waals surface area contributed by atoms with Crippen LogP contribution < -0.4 is 10.6 Å². The van der Waals surface area contributed by atoms with Gasteiger partial charge in [0, 0.05) is 52.0 Å². The van der Waals surface area contributed by atoms with E-state index in [0.29, 0.717) is 24.2 Å². The number of hydrogen-bond donors (Lipinski definition) is 2. The Kier molecular flexibility index (Phi) is 8.34. The second-order valence-corrected chi connectivity index (χ2v) is 7.60. The van der Waals surface area contributed by atoms with E-state index in [1.807, 2.05) is 16.9 Å². The summed E-state index contributed by atoms with van der Waals surface area (Å²) in [6.07, 6.45) is 4.22. The van der Waals surface area contributed by atoms with Gasteiger partial charge < -0.3 is 20.4 Å². The van der Waals surface area contributed by atoms with Crippen LogP contribution in [0.25, 0.3) is 0 Å². The van der Waals surface area contributed by atoms with Crippen LogP contribution in [0, 0.1) is 5.92 Å². The fourth-order valence-electron chi connectivity index (χ4n) is 3.61. The fraction of sp³-hybridized carbons (Fsp3) is 0.778. The quantitative estimate of drug-likeness (QED) is 0.761. The van der Waals surface area contributed by atoms with Crippen molar-refractivity contribution in [1.29, 1.82) is 0 Å². The zero-order chi connectivity index (χ0) is 17.6. The van der Waals surface area contributed by atoms with Gasteiger partial charge in [-0.3, -0.25) is 9.48 Å². The molecule has 7 nitrogen and oxygen atoms in total. The number of rotatable bonds is 6. The first-order valence-electron chi connectivity index (χ1n) is 9.57. The highest BCUT2D eigenvalue weighted by molar-refractivity contribution is 5.92. The van der Waals surface area contributed by atoms with E-state index >= 15 is 0 Å². The molecule has 1 aromatic heterocycles. The molecule has 148 valence electrons. The van der Waals surface area contributed by atoms with Gasteiger partial charge in [0.05, 0.1) is 6.04 Å². The van der Waals surface area contributed by atoms with E-state index in [4.69, 9.17) is 0 Å². The summed E-state index contributed by atoms with van der Waals surface area (Å²) in [6.45, 7) is 10.5. The molecule has 1 amide bonds. The fourth-order valence-corrected chi connectivity index (χ4v) is 3.61. The molecule has 0 bridgehead atoms. The third-order valence-corrected chi connectivity index (χ3v) is 5.26. The zero-order valence-electron chi connectivity index (χ0n) is 16.0. The first kappa shape index (κ1) is 21.2. The molecule has 1 aromatic rings. The molecule has 2 unspecified atom stereocenters. The van der Waals surface area contributed by atoms with Crippen molar-refractivity contribution in [2.24, 2.45) is 5.92 Å². The number of piperazine rings is 1. The molecule has 0 aromatic carbocycles. The molecule has 2 atom stereocenters. The van der Waals surface area contributed by atoms with Gasteiger partial charge in [-0.05, 0) is 38.4 Å². The molecule has 3 rings (SSSR count). The minimum Gasteiger partial charge on any atom is -0.350 e. The number of nitrogens with zero attached hydrogens (tertiary/aromatic N) is 4. The normalized spacial score (nSPS) is 23.2. The summed E-state index contributed by atoms with van der Waals surface area (Å²) in [7, 11) is 2.17. The molecule has 2 aliphatic heterocycles. The Bertz CT molecular complexity index is 552. The van der Waals surface area contributed by atoms with Crippen molar-refractivity contribution in [2.75, 3.05) is 59.4 Å². The maximum absolute atomic E-state index is 12.4. The molecule has 2 N–H and O–H groups in total. The van der Waals surface area contributed by atoms with Gasteiger partial charge in [-0.15, -0.1) is 12.4 Å². The molecule has 2 saturated heterocycles. The van der Waals surface area contributed by atoms with Gasteiger partial charge >= 0.3 is 0 Å². The van der Waals surface area contributed by atoms with Crippen molar-refractivity contribution in [1.82, 2.24) is 30.2 Å². The molecular formula is C18H33ClN6O. The van der Waals surface area contributed by atoms with E-state index in [0.717, 1.165) is 58.7 Å². The number of halogens is 1. The lowest BCUT2D eigenvalue weighted by Crippen LogP contribution is -2.46. The SMILES string of the molecule is CC(CNC(=O)c1ccn(C2CCCNC2)n1)CN1CCN(C)CC1.Cl. The molecule has 0 radical (unpaired) electrons. The van der Waals surface area contributed by atoms with Gasteiger partial charge in [-0.2, -0.15) is 5.10 Å². The van der Waals surface area contributed by atoms with Crippen molar-refractivity contribution in [3.05, 3.63) is 18.0 Å². The molecule has 0 spiro atoms. The van der Waals surface area contributed by atoms with Crippen LogP contribution in [0.15, 0.2) is 12.3 Å². The van der Waals surface area contributed by atoms with Crippen LogP contribution in [0.3, 0.4) is 0 Å². The second kappa shape index (κ2) is 10.3. The summed E-state index contributed by atoms with van der Waals surface area (Å²) in [5.41, 5.74) is 0.525. The lowest BCUT2D eigenvalue weighted by atomic mass is 10.1. The number of piperidine rings is 1. The van der Waals surface area contributed by atoms with E-state index in [2.05, 4.69) is 39.5 Å². The highest BCUT2D eigenvalue weighted by atomic mass is 35.5. The Morgan fingerprint density at radius 1 is 1.38 bits per heavy atom. The zero-order valence-corrected chi connectivity index (χ0v) is 16.8. The number of likely N-dealkylation sites (N-methyl/N-ethyl adjacent to an activating group) is 1. The first-order chi connectivity index (χ1) is 12.1. The Hall–Kier alpha value is -1.15. The summed E-state index contributed by atoms with van der Waals surface area (Å²) in [4.78, 5) is 17.2. The predicted octanol–water partition coefficient (Wildman–Crippen LogP) is 0.843. The molecule has 0 aliphatic carbocycles. The molecular weight excluding hydrogens is 352 g/mol. The first-order valence-corrected chi connectivity index (χ1v) is 9.57. The maximum Gasteiger partial charge on any atom is 0.271 e. The van der Waals surface area contributed by atoms with E-state index in [1.54, 1.807) is 0 Å². The van der Waals surface area contributed by atoms with Crippen molar-refractivity contribution < 1.29 is 4.79 Å². The number of nitrogens with one attached hydrogen (secondary N) is 2. The summed E-state index contributed by atoms with van der Waals surface area (Å²) in [6, 6.07) is 2.20. The van der Waals surface area contributed by atoms with Gasteiger partial charge in [0.1, 0.15) is 5.69 Å². The van der Waals surface area contributed by atoms with Crippen molar-refractivity contribution in [3.8, 4) is 0 Å². The average Bonchev–Trinajstić information content (AvgIpc) is 3.13. The largest absolute Gasteiger partial charge is 0.350 e. The number of amides is 1. The summed E-state index contributed by atoms with van der Waals surface area (Å²) in [5, 5.41) is 10.9. The van der Waals surface area contributed by atoms with Gasteiger partial charge in [-0.25, -0.2) is 0 Å². The highest BCUT2D eigenvalue weighted by Crippen LogP contribution is 2.15. The summed E-state index contributed by atoms with van der Waals surface area (Å²) < 4.78 is 1.94. The third-order valence-electron chi connectivity index (χ3n) is 5.26. The molecule has 0 saturated carbocycles. The maximum atomic E-state index is 12.4. The molecule has 8 heteroatoms. The Morgan fingerprint density at radius 2 is 2.15 bits per heavy atom. The van der Waals surface area contributed by atoms with E-state index < -0.39 is 0 Å². The molecule has 3 heterocycles. The highest BCUT2D eigenvalue weighted by Gasteiger charge is 2.19. The topological polar surface area (TPSA) is 65.4 Å². The van der Waals surface area contributed by atoms with Crippen LogP contribution in [-0.2, 0) is 0 Å². The number of carbonyl (C=O) groups is 1. The molecule has 26 heavy (non-hydrogen) atoms. The van der Waals surface area contributed by atoms with Crippen LogP contribution in [0.2, 0.25) is 0 Å². The van der Waals surface area contributed by atoms with Crippen molar-refractivity contribution in [2.45, 2.75) is 25.8 Å². The van der Waals surface area contributed by atoms with Crippen molar-refractivity contribution in [3.63, 3.8) is 0 Å².